The molecule has 9 nitrogen and oxygen atoms in total. The van der Waals surface area contributed by atoms with E-state index in [0.29, 0.717) is 29.2 Å². The molecule has 154 valence electrons. The van der Waals surface area contributed by atoms with Crippen molar-refractivity contribution in [3.8, 4) is 5.75 Å². The molecular weight excluding hydrogens is 384 g/mol. The van der Waals surface area contributed by atoms with Gasteiger partial charge >= 0.3 is 0 Å². The average Bonchev–Trinajstić information content (AvgIpc) is 3.36. The zero-order valence-corrected chi connectivity index (χ0v) is 16.5. The van der Waals surface area contributed by atoms with Crippen molar-refractivity contribution < 1.29 is 14.6 Å². The molecule has 2 N–H and O–H groups in total. The fraction of sp³-hybridized carbons (Fsp3) is 0.333. The van der Waals surface area contributed by atoms with E-state index in [-0.39, 0.29) is 18.1 Å². The summed E-state index contributed by atoms with van der Waals surface area (Å²) in [5.41, 5.74) is 1.80. The quantitative estimate of drug-likeness (QED) is 0.540. The van der Waals surface area contributed by atoms with E-state index in [9.17, 15) is 9.90 Å². The van der Waals surface area contributed by atoms with Crippen LogP contribution in [-0.4, -0.2) is 48.6 Å². The smallest absolute Gasteiger partial charge is 0.260 e. The molecule has 3 aromatic heterocycles. The van der Waals surface area contributed by atoms with Crippen LogP contribution in [0.3, 0.4) is 0 Å². The molecule has 4 aromatic rings. The molecule has 0 aliphatic heterocycles. The van der Waals surface area contributed by atoms with Gasteiger partial charge in [-0.3, -0.25) is 9.48 Å². The number of aliphatic hydroxyl groups is 1. The van der Waals surface area contributed by atoms with E-state index in [0.717, 1.165) is 30.2 Å². The molecule has 0 spiro atoms. The average molecular weight is 406 g/mol. The molecule has 1 saturated carbocycles. The number of amides is 1. The number of nitrogens with zero attached hydrogens (tertiary/aromatic N) is 5. The normalized spacial score (nSPS) is 19.3. The molecule has 2 unspecified atom stereocenters. The number of aliphatic hydroxyl groups excluding tert-OH is 1. The Balaban J connectivity index is 1.47. The number of nitrogens with one attached hydrogen (secondary N) is 1. The second kappa shape index (κ2) is 7.42. The molecule has 1 fully saturated rings. The Morgan fingerprint density at radius 2 is 2.23 bits per heavy atom. The zero-order valence-electron chi connectivity index (χ0n) is 16.5. The maximum atomic E-state index is 13.0. The van der Waals surface area contributed by atoms with Crippen LogP contribution >= 0.6 is 0 Å². The van der Waals surface area contributed by atoms with Gasteiger partial charge in [-0.05, 0) is 43.9 Å². The van der Waals surface area contributed by atoms with Gasteiger partial charge in [0, 0.05) is 23.8 Å². The molecule has 2 atom stereocenters. The van der Waals surface area contributed by atoms with Crippen molar-refractivity contribution >= 4 is 28.3 Å². The Kier molecular flexibility index (Phi) is 4.59. The van der Waals surface area contributed by atoms with Crippen LogP contribution in [0.15, 0.2) is 42.9 Å². The number of carbonyl (C=O) groups excluding carboxylic acids is 1. The molecule has 1 amide bonds. The molecule has 0 radical (unpaired) electrons. The minimum atomic E-state index is -0.318. The van der Waals surface area contributed by atoms with E-state index in [4.69, 9.17) is 4.74 Å². The highest BCUT2D eigenvalue weighted by molar-refractivity contribution is 6.08. The first-order valence-electron chi connectivity index (χ1n) is 9.97. The van der Waals surface area contributed by atoms with Crippen LogP contribution in [0.4, 0.5) is 5.82 Å². The number of methoxy groups -OCH3 is 1. The van der Waals surface area contributed by atoms with Crippen molar-refractivity contribution in [1.29, 1.82) is 0 Å². The lowest BCUT2D eigenvalue weighted by atomic mass is 9.93. The van der Waals surface area contributed by atoms with Crippen LogP contribution in [0.1, 0.15) is 42.1 Å². The van der Waals surface area contributed by atoms with Crippen LogP contribution in [0, 0.1) is 0 Å². The van der Waals surface area contributed by atoms with Gasteiger partial charge in [0.2, 0.25) is 0 Å². The fourth-order valence-electron chi connectivity index (χ4n) is 4.08. The molecule has 0 bridgehead atoms. The molecule has 30 heavy (non-hydrogen) atoms. The lowest BCUT2D eigenvalue weighted by Crippen LogP contribution is -2.22. The lowest BCUT2D eigenvalue weighted by Gasteiger charge is -2.25. The molecule has 1 aliphatic rings. The van der Waals surface area contributed by atoms with E-state index >= 15 is 0 Å². The molecular formula is C21H22N6O3. The van der Waals surface area contributed by atoms with Crippen molar-refractivity contribution in [3.05, 3.63) is 48.4 Å². The minimum absolute atomic E-state index is 0.161. The predicted octanol–water partition coefficient (Wildman–Crippen LogP) is 2.82. The Labute approximate surface area is 172 Å². The first kappa shape index (κ1) is 18.6. The van der Waals surface area contributed by atoms with Crippen LogP contribution < -0.4 is 10.1 Å². The van der Waals surface area contributed by atoms with Crippen molar-refractivity contribution in [2.24, 2.45) is 0 Å². The summed E-state index contributed by atoms with van der Waals surface area (Å²) in [4.78, 5) is 17.3. The topological polar surface area (TPSA) is 107 Å². The second-order valence-corrected chi connectivity index (χ2v) is 7.59. The zero-order chi connectivity index (χ0) is 20.7. The summed E-state index contributed by atoms with van der Waals surface area (Å²) in [5, 5.41) is 22.6. The monoisotopic (exact) mass is 406 g/mol. The van der Waals surface area contributed by atoms with Crippen molar-refractivity contribution in [3.63, 3.8) is 0 Å². The van der Waals surface area contributed by atoms with Gasteiger partial charge in [0.1, 0.15) is 5.75 Å². The van der Waals surface area contributed by atoms with Gasteiger partial charge < -0.3 is 15.2 Å². The number of carbonyl (C=O) groups is 1. The Hall–Kier alpha value is -3.46. The SMILES string of the molecule is COc1cc2nn(C3CCCC(O)C3)cc2cc1C(=O)Nc1cnc2cccnn12. The van der Waals surface area contributed by atoms with Crippen LogP contribution in [-0.2, 0) is 0 Å². The third-order valence-corrected chi connectivity index (χ3v) is 5.60. The number of hydrogen-bond acceptors (Lipinski definition) is 6. The Morgan fingerprint density at radius 3 is 3.07 bits per heavy atom. The summed E-state index contributed by atoms with van der Waals surface area (Å²) in [6.07, 6.45) is 8.34. The van der Waals surface area contributed by atoms with Crippen molar-refractivity contribution in [1.82, 2.24) is 24.4 Å². The molecule has 5 rings (SSSR count). The minimum Gasteiger partial charge on any atom is -0.496 e. The highest BCUT2D eigenvalue weighted by atomic mass is 16.5. The van der Waals surface area contributed by atoms with Gasteiger partial charge in [0.15, 0.2) is 11.5 Å². The third kappa shape index (κ3) is 3.26. The van der Waals surface area contributed by atoms with Gasteiger partial charge in [0.05, 0.1) is 36.5 Å². The molecule has 3 heterocycles. The highest BCUT2D eigenvalue weighted by Gasteiger charge is 2.23. The summed E-state index contributed by atoms with van der Waals surface area (Å²) >= 11 is 0. The number of ether oxygens (including phenoxy) is 1. The standard InChI is InChI=1S/C21H22N6O3/c1-30-18-10-17-13(12-26(25-17)14-4-2-5-15(28)9-14)8-16(18)21(29)24-20-11-22-19-6-3-7-23-27(19)20/h3,6-8,10-12,14-15,28H,2,4-5,9H2,1H3,(H,24,29). The molecule has 1 aromatic carbocycles. The van der Waals surface area contributed by atoms with E-state index in [1.165, 1.54) is 7.11 Å². The summed E-state index contributed by atoms with van der Waals surface area (Å²) in [5.74, 6) is 0.599. The van der Waals surface area contributed by atoms with Gasteiger partial charge in [0.25, 0.3) is 5.91 Å². The number of imidazole rings is 1. The van der Waals surface area contributed by atoms with Gasteiger partial charge in [-0.1, -0.05) is 0 Å². The Morgan fingerprint density at radius 1 is 1.33 bits per heavy atom. The summed E-state index contributed by atoms with van der Waals surface area (Å²) < 4.78 is 8.94. The summed E-state index contributed by atoms with van der Waals surface area (Å²) in [6, 6.07) is 7.31. The third-order valence-electron chi connectivity index (χ3n) is 5.60. The van der Waals surface area contributed by atoms with E-state index in [2.05, 4.69) is 20.5 Å². The van der Waals surface area contributed by atoms with Crippen LogP contribution in [0.2, 0.25) is 0 Å². The number of hydrogen-bond donors (Lipinski definition) is 2. The van der Waals surface area contributed by atoms with Crippen molar-refractivity contribution in [2.75, 3.05) is 12.4 Å². The molecule has 0 saturated heterocycles. The van der Waals surface area contributed by atoms with Crippen molar-refractivity contribution in [2.45, 2.75) is 37.8 Å². The van der Waals surface area contributed by atoms with E-state index < -0.39 is 0 Å². The largest absolute Gasteiger partial charge is 0.496 e. The van der Waals surface area contributed by atoms with E-state index in [1.54, 1.807) is 35.1 Å². The Bertz CT molecular complexity index is 1230. The maximum absolute atomic E-state index is 13.0. The van der Waals surface area contributed by atoms with Gasteiger partial charge in [-0.2, -0.15) is 14.7 Å². The highest BCUT2D eigenvalue weighted by Crippen LogP contribution is 2.31. The van der Waals surface area contributed by atoms with Crippen LogP contribution in [0.5, 0.6) is 5.75 Å². The number of anilines is 1. The van der Waals surface area contributed by atoms with Crippen LogP contribution in [0.25, 0.3) is 16.6 Å². The van der Waals surface area contributed by atoms with Gasteiger partial charge in [-0.15, -0.1) is 0 Å². The summed E-state index contributed by atoms with van der Waals surface area (Å²) in [7, 11) is 1.53. The van der Waals surface area contributed by atoms with E-state index in [1.807, 2.05) is 16.9 Å². The number of rotatable bonds is 4. The fourth-order valence-corrected chi connectivity index (χ4v) is 4.08. The number of benzene rings is 1. The maximum Gasteiger partial charge on any atom is 0.260 e. The van der Waals surface area contributed by atoms with Gasteiger partial charge in [-0.25, -0.2) is 4.98 Å². The second-order valence-electron chi connectivity index (χ2n) is 7.59. The predicted molar refractivity (Wildman–Crippen MR) is 111 cm³/mol. The first-order chi connectivity index (χ1) is 14.6. The summed E-state index contributed by atoms with van der Waals surface area (Å²) in [6.45, 7) is 0. The number of fused-ring (bicyclic) bond motifs is 2. The first-order valence-corrected chi connectivity index (χ1v) is 9.97. The number of aromatic nitrogens is 5. The lowest BCUT2D eigenvalue weighted by molar-refractivity contribution is 0.100. The molecule has 1 aliphatic carbocycles. The molecule has 9 heteroatoms.